The van der Waals surface area contributed by atoms with Crippen molar-refractivity contribution < 1.29 is 14.3 Å². The number of methoxy groups -OCH3 is 2. The van der Waals surface area contributed by atoms with Crippen molar-refractivity contribution in [2.75, 3.05) is 20.8 Å². The number of aromatic nitrogens is 1. The zero-order valence-electron chi connectivity index (χ0n) is 15.3. The van der Waals surface area contributed by atoms with Crippen molar-refractivity contribution >= 4 is 16.8 Å². The van der Waals surface area contributed by atoms with Gasteiger partial charge in [-0.25, -0.2) is 0 Å². The molecule has 3 aromatic rings. The van der Waals surface area contributed by atoms with Crippen LogP contribution in [0.1, 0.15) is 21.6 Å². The molecule has 0 bridgehead atoms. The van der Waals surface area contributed by atoms with Gasteiger partial charge in [-0.3, -0.25) is 4.79 Å². The standard InChI is InChI=1S/C21H22N2O3/c1-22-16-8-5-4-7-14(16)15-11-12-23(13-17(15)22)21(24)20-18(25-2)9-6-10-19(20)26-3/h4-10H,11-13H2,1-3H3. The summed E-state index contributed by atoms with van der Waals surface area (Å²) in [6.07, 6.45) is 0.847. The Hall–Kier alpha value is -2.95. The van der Waals surface area contributed by atoms with Crippen LogP contribution < -0.4 is 9.47 Å². The second-order valence-corrected chi connectivity index (χ2v) is 6.52. The molecule has 1 aliphatic heterocycles. The Bertz CT molecular complexity index is 968. The smallest absolute Gasteiger partial charge is 0.261 e. The molecule has 4 rings (SSSR count). The molecule has 0 spiro atoms. The maximum Gasteiger partial charge on any atom is 0.261 e. The molecular weight excluding hydrogens is 328 g/mol. The quantitative estimate of drug-likeness (QED) is 0.727. The minimum Gasteiger partial charge on any atom is -0.496 e. The fourth-order valence-corrected chi connectivity index (χ4v) is 3.91. The van der Waals surface area contributed by atoms with Gasteiger partial charge in [0.2, 0.25) is 0 Å². The number of carbonyl (C=O) groups excluding carboxylic acids is 1. The number of carbonyl (C=O) groups is 1. The first-order chi connectivity index (χ1) is 12.7. The van der Waals surface area contributed by atoms with Gasteiger partial charge in [0.05, 0.1) is 20.8 Å². The van der Waals surface area contributed by atoms with Crippen molar-refractivity contribution in [1.29, 1.82) is 0 Å². The van der Waals surface area contributed by atoms with Crippen LogP contribution in [-0.4, -0.2) is 36.1 Å². The van der Waals surface area contributed by atoms with Gasteiger partial charge in [0.1, 0.15) is 17.1 Å². The van der Waals surface area contributed by atoms with E-state index in [4.69, 9.17) is 9.47 Å². The summed E-state index contributed by atoms with van der Waals surface area (Å²) in [7, 11) is 5.21. The van der Waals surface area contributed by atoms with Gasteiger partial charge >= 0.3 is 0 Å². The summed E-state index contributed by atoms with van der Waals surface area (Å²) in [5.41, 5.74) is 4.24. The highest BCUT2D eigenvalue weighted by Gasteiger charge is 2.29. The van der Waals surface area contributed by atoms with Crippen LogP contribution in [-0.2, 0) is 20.0 Å². The fraction of sp³-hybridized carbons (Fsp3) is 0.286. The number of benzene rings is 2. The molecule has 5 heteroatoms. The van der Waals surface area contributed by atoms with Crippen LogP contribution in [0.5, 0.6) is 11.5 Å². The number of hydrogen-bond donors (Lipinski definition) is 0. The summed E-state index contributed by atoms with van der Waals surface area (Å²) in [5.74, 6) is 1.02. The number of rotatable bonds is 3. The summed E-state index contributed by atoms with van der Waals surface area (Å²) >= 11 is 0. The highest BCUT2D eigenvalue weighted by atomic mass is 16.5. The number of amides is 1. The Morgan fingerprint density at radius 1 is 1.00 bits per heavy atom. The zero-order chi connectivity index (χ0) is 18.3. The zero-order valence-corrected chi connectivity index (χ0v) is 15.3. The van der Waals surface area contributed by atoms with Gasteiger partial charge in [-0.2, -0.15) is 0 Å². The van der Waals surface area contributed by atoms with E-state index < -0.39 is 0 Å². The summed E-state index contributed by atoms with van der Waals surface area (Å²) in [6, 6.07) is 13.8. The molecule has 0 N–H and O–H groups in total. The lowest BCUT2D eigenvalue weighted by atomic mass is 10.0. The topological polar surface area (TPSA) is 43.7 Å². The minimum absolute atomic E-state index is 0.0600. The Labute approximate surface area is 152 Å². The molecule has 2 heterocycles. The van der Waals surface area contributed by atoms with E-state index in [1.165, 1.54) is 22.2 Å². The van der Waals surface area contributed by atoms with Crippen molar-refractivity contribution in [3.05, 3.63) is 59.3 Å². The van der Waals surface area contributed by atoms with Gasteiger partial charge in [-0.15, -0.1) is 0 Å². The van der Waals surface area contributed by atoms with E-state index in [-0.39, 0.29) is 5.91 Å². The average molecular weight is 350 g/mol. The molecule has 1 amide bonds. The van der Waals surface area contributed by atoms with Gasteiger partial charge in [0, 0.05) is 30.2 Å². The second-order valence-electron chi connectivity index (χ2n) is 6.52. The third-order valence-corrected chi connectivity index (χ3v) is 5.24. The maximum atomic E-state index is 13.3. The number of ether oxygens (including phenoxy) is 2. The molecule has 5 nitrogen and oxygen atoms in total. The number of aryl methyl sites for hydroxylation is 1. The van der Waals surface area contributed by atoms with Crippen LogP contribution >= 0.6 is 0 Å². The highest BCUT2D eigenvalue weighted by Crippen LogP contribution is 2.34. The van der Waals surface area contributed by atoms with Crippen LogP contribution in [0.25, 0.3) is 10.9 Å². The Morgan fingerprint density at radius 2 is 1.69 bits per heavy atom. The van der Waals surface area contributed by atoms with Crippen molar-refractivity contribution in [2.24, 2.45) is 7.05 Å². The fourth-order valence-electron chi connectivity index (χ4n) is 3.91. The van der Waals surface area contributed by atoms with Crippen LogP contribution in [0.4, 0.5) is 0 Å². The molecule has 0 saturated heterocycles. The molecule has 2 aromatic carbocycles. The Morgan fingerprint density at radius 3 is 2.38 bits per heavy atom. The van der Waals surface area contributed by atoms with E-state index in [9.17, 15) is 4.79 Å². The monoisotopic (exact) mass is 350 g/mol. The molecule has 1 aromatic heterocycles. The van der Waals surface area contributed by atoms with E-state index in [0.717, 1.165) is 6.42 Å². The first kappa shape index (κ1) is 16.5. The summed E-state index contributed by atoms with van der Waals surface area (Å²) < 4.78 is 13.0. The molecule has 1 aliphatic rings. The van der Waals surface area contributed by atoms with E-state index in [1.807, 2.05) is 11.0 Å². The highest BCUT2D eigenvalue weighted by molar-refractivity contribution is 6.00. The number of fused-ring (bicyclic) bond motifs is 3. The van der Waals surface area contributed by atoms with Gasteiger partial charge in [-0.1, -0.05) is 24.3 Å². The summed E-state index contributed by atoms with van der Waals surface area (Å²) in [5, 5.41) is 1.28. The third kappa shape index (κ3) is 2.43. The molecule has 0 unspecified atom stereocenters. The molecule has 0 fully saturated rings. The molecule has 0 atom stereocenters. The first-order valence-corrected chi connectivity index (χ1v) is 8.71. The normalized spacial score (nSPS) is 13.6. The molecular formula is C21H22N2O3. The van der Waals surface area contributed by atoms with E-state index in [0.29, 0.717) is 30.2 Å². The van der Waals surface area contributed by atoms with E-state index in [2.05, 4.69) is 35.9 Å². The molecule has 26 heavy (non-hydrogen) atoms. The predicted octanol–water partition coefficient (Wildman–Crippen LogP) is 3.39. The van der Waals surface area contributed by atoms with Crippen LogP contribution in [0, 0.1) is 0 Å². The van der Waals surface area contributed by atoms with Gasteiger partial charge < -0.3 is 18.9 Å². The lowest BCUT2D eigenvalue weighted by Gasteiger charge is -2.29. The van der Waals surface area contributed by atoms with Gasteiger partial charge in [0.25, 0.3) is 5.91 Å². The van der Waals surface area contributed by atoms with Crippen molar-refractivity contribution in [3.8, 4) is 11.5 Å². The van der Waals surface area contributed by atoms with E-state index >= 15 is 0 Å². The number of nitrogens with zero attached hydrogens (tertiary/aromatic N) is 2. The second kappa shape index (κ2) is 6.41. The minimum atomic E-state index is -0.0600. The average Bonchev–Trinajstić information content (AvgIpc) is 2.99. The van der Waals surface area contributed by atoms with Crippen LogP contribution in [0.15, 0.2) is 42.5 Å². The van der Waals surface area contributed by atoms with Crippen molar-refractivity contribution in [1.82, 2.24) is 9.47 Å². The third-order valence-electron chi connectivity index (χ3n) is 5.24. The SMILES string of the molecule is COc1cccc(OC)c1C(=O)N1CCc2c(n(C)c3ccccc23)C1. The van der Waals surface area contributed by atoms with Crippen molar-refractivity contribution in [2.45, 2.75) is 13.0 Å². The maximum absolute atomic E-state index is 13.3. The molecule has 0 saturated carbocycles. The van der Waals surface area contributed by atoms with Crippen LogP contribution in [0.2, 0.25) is 0 Å². The van der Waals surface area contributed by atoms with Gasteiger partial charge in [-0.05, 0) is 30.2 Å². The van der Waals surface area contributed by atoms with E-state index in [1.54, 1.807) is 26.4 Å². The summed E-state index contributed by atoms with van der Waals surface area (Å²) in [6.45, 7) is 1.27. The summed E-state index contributed by atoms with van der Waals surface area (Å²) in [4.78, 5) is 15.1. The van der Waals surface area contributed by atoms with Crippen LogP contribution in [0.3, 0.4) is 0 Å². The van der Waals surface area contributed by atoms with Gasteiger partial charge in [0.15, 0.2) is 0 Å². The number of para-hydroxylation sites is 1. The lowest BCUT2D eigenvalue weighted by molar-refractivity contribution is 0.0724. The largest absolute Gasteiger partial charge is 0.496 e. The van der Waals surface area contributed by atoms with Crippen molar-refractivity contribution in [3.63, 3.8) is 0 Å². The predicted molar refractivity (Wildman–Crippen MR) is 101 cm³/mol. The molecule has 134 valence electrons. The Kier molecular flexibility index (Phi) is 4.07. The first-order valence-electron chi connectivity index (χ1n) is 8.71. The number of hydrogen-bond acceptors (Lipinski definition) is 3. The lowest BCUT2D eigenvalue weighted by Crippen LogP contribution is -2.36. The molecule has 0 radical (unpaired) electrons. The molecule has 0 aliphatic carbocycles. The Balaban J connectivity index is 1.73.